The normalized spacial score (nSPS) is 11.5. The fourth-order valence-corrected chi connectivity index (χ4v) is 3.67. The van der Waals surface area contributed by atoms with Crippen molar-refractivity contribution >= 4 is 37.5 Å². The molecule has 0 atom stereocenters. The molecule has 0 bridgehead atoms. The van der Waals surface area contributed by atoms with E-state index >= 15 is 0 Å². The van der Waals surface area contributed by atoms with Crippen LogP contribution < -0.4 is 10.0 Å². The molecule has 0 heterocycles. The molecule has 0 saturated carbocycles. The van der Waals surface area contributed by atoms with Crippen LogP contribution in [-0.2, 0) is 10.0 Å². The minimum Gasteiger partial charge on any atom is -0.322 e. The van der Waals surface area contributed by atoms with Gasteiger partial charge in [0.05, 0.1) is 4.90 Å². The van der Waals surface area contributed by atoms with Gasteiger partial charge in [-0.05, 0) is 62.7 Å². The second-order valence-electron chi connectivity index (χ2n) is 5.72. The first kappa shape index (κ1) is 18.6. The van der Waals surface area contributed by atoms with Gasteiger partial charge in [0, 0.05) is 21.8 Å². The summed E-state index contributed by atoms with van der Waals surface area (Å²) >= 11 is 3.42. The maximum atomic E-state index is 12.3. The number of halogens is 1. The highest BCUT2D eigenvalue weighted by Gasteiger charge is 2.16. The zero-order valence-corrected chi connectivity index (χ0v) is 16.0. The maximum Gasteiger partial charge on any atom is 0.255 e. The van der Waals surface area contributed by atoms with E-state index in [1.807, 2.05) is 25.1 Å². The largest absolute Gasteiger partial charge is 0.322 e. The van der Waals surface area contributed by atoms with Crippen molar-refractivity contribution in [2.24, 2.45) is 0 Å². The molecule has 0 aliphatic rings. The van der Waals surface area contributed by atoms with Crippen LogP contribution >= 0.6 is 15.9 Å². The number of aryl methyl sites for hydroxylation is 1. The van der Waals surface area contributed by atoms with Crippen molar-refractivity contribution in [3.63, 3.8) is 0 Å². The number of amides is 1. The highest BCUT2D eigenvalue weighted by atomic mass is 79.9. The molecular formula is C17H19BrN2O3S. The predicted octanol–water partition coefficient (Wildman–Crippen LogP) is 3.70. The number of carbonyl (C=O) groups excluding carboxylic acids is 1. The Balaban J connectivity index is 2.15. The maximum absolute atomic E-state index is 12.3. The predicted molar refractivity (Wildman–Crippen MR) is 98.7 cm³/mol. The highest BCUT2D eigenvalue weighted by molar-refractivity contribution is 9.10. The van der Waals surface area contributed by atoms with Crippen LogP contribution in [0.5, 0.6) is 0 Å². The number of hydrogen-bond acceptors (Lipinski definition) is 3. The summed E-state index contributed by atoms with van der Waals surface area (Å²) in [7, 11) is -3.56. The number of nitrogens with one attached hydrogen (secondary N) is 2. The van der Waals surface area contributed by atoms with Gasteiger partial charge in [0.25, 0.3) is 5.91 Å². The van der Waals surface area contributed by atoms with E-state index in [2.05, 4.69) is 26.0 Å². The van der Waals surface area contributed by atoms with Gasteiger partial charge in [-0.3, -0.25) is 4.79 Å². The van der Waals surface area contributed by atoms with Crippen molar-refractivity contribution in [3.8, 4) is 0 Å². The third kappa shape index (κ3) is 4.66. The Morgan fingerprint density at radius 3 is 2.25 bits per heavy atom. The van der Waals surface area contributed by atoms with Gasteiger partial charge >= 0.3 is 0 Å². The van der Waals surface area contributed by atoms with E-state index < -0.39 is 10.0 Å². The summed E-state index contributed by atoms with van der Waals surface area (Å²) in [5.74, 6) is -0.300. The van der Waals surface area contributed by atoms with E-state index in [-0.39, 0.29) is 16.8 Å². The van der Waals surface area contributed by atoms with E-state index in [0.29, 0.717) is 11.3 Å². The fraction of sp³-hybridized carbons (Fsp3) is 0.235. The molecule has 7 heteroatoms. The first-order valence-electron chi connectivity index (χ1n) is 7.39. The lowest BCUT2D eigenvalue weighted by molar-refractivity contribution is 0.102. The van der Waals surface area contributed by atoms with Crippen molar-refractivity contribution in [1.82, 2.24) is 4.72 Å². The van der Waals surface area contributed by atoms with Gasteiger partial charge in [0.15, 0.2) is 0 Å². The van der Waals surface area contributed by atoms with Crippen molar-refractivity contribution in [3.05, 3.63) is 58.1 Å². The number of sulfonamides is 1. The van der Waals surface area contributed by atoms with E-state index in [1.54, 1.807) is 13.8 Å². The molecular weight excluding hydrogens is 392 g/mol. The summed E-state index contributed by atoms with van der Waals surface area (Å²) < 4.78 is 27.5. The second-order valence-corrected chi connectivity index (χ2v) is 8.29. The summed E-state index contributed by atoms with van der Waals surface area (Å²) in [5, 5.41) is 2.78. The Labute approximate surface area is 150 Å². The van der Waals surface area contributed by atoms with Crippen LogP contribution in [0.25, 0.3) is 0 Å². The standard InChI is InChI=1S/C17H19BrN2O3S/c1-11(2)20-24(22,23)15-8-5-13(6-9-15)17(21)19-14-7-4-12(3)16(18)10-14/h4-11,20H,1-3H3,(H,19,21). The lowest BCUT2D eigenvalue weighted by Crippen LogP contribution is -2.30. The molecule has 0 fully saturated rings. The van der Waals surface area contributed by atoms with Crippen LogP contribution in [0.15, 0.2) is 51.8 Å². The van der Waals surface area contributed by atoms with Gasteiger partial charge in [-0.2, -0.15) is 0 Å². The Morgan fingerprint density at radius 1 is 1.08 bits per heavy atom. The van der Waals surface area contributed by atoms with Crippen LogP contribution in [-0.4, -0.2) is 20.4 Å². The summed E-state index contributed by atoms with van der Waals surface area (Å²) in [4.78, 5) is 12.4. The number of hydrogen-bond donors (Lipinski definition) is 2. The monoisotopic (exact) mass is 410 g/mol. The third-order valence-corrected chi connectivity index (χ3v) is 5.78. The molecule has 0 radical (unpaired) electrons. The van der Waals surface area contributed by atoms with Gasteiger partial charge in [0.1, 0.15) is 0 Å². The van der Waals surface area contributed by atoms with Crippen molar-refractivity contribution in [2.45, 2.75) is 31.7 Å². The minimum absolute atomic E-state index is 0.130. The second kappa shape index (κ2) is 7.46. The van der Waals surface area contributed by atoms with Crippen molar-refractivity contribution in [1.29, 1.82) is 0 Å². The zero-order chi connectivity index (χ0) is 17.9. The molecule has 0 spiro atoms. The van der Waals surface area contributed by atoms with Gasteiger partial charge in [0.2, 0.25) is 10.0 Å². The number of benzene rings is 2. The molecule has 24 heavy (non-hydrogen) atoms. The Hall–Kier alpha value is -1.70. The zero-order valence-electron chi connectivity index (χ0n) is 13.6. The number of anilines is 1. The van der Waals surface area contributed by atoms with Crippen LogP contribution in [0.4, 0.5) is 5.69 Å². The molecule has 2 aromatic rings. The highest BCUT2D eigenvalue weighted by Crippen LogP contribution is 2.21. The van der Waals surface area contributed by atoms with Gasteiger partial charge in [-0.25, -0.2) is 13.1 Å². The van der Waals surface area contributed by atoms with E-state index in [4.69, 9.17) is 0 Å². The molecule has 0 aliphatic heterocycles. The Bertz CT molecular complexity index is 847. The molecule has 5 nitrogen and oxygen atoms in total. The van der Waals surface area contributed by atoms with Gasteiger partial charge in [-0.15, -0.1) is 0 Å². The summed E-state index contributed by atoms with van der Waals surface area (Å²) in [5.41, 5.74) is 2.12. The minimum atomic E-state index is -3.56. The lowest BCUT2D eigenvalue weighted by Gasteiger charge is -2.10. The molecule has 0 saturated heterocycles. The van der Waals surface area contributed by atoms with Crippen LogP contribution in [0.2, 0.25) is 0 Å². The molecule has 0 aromatic heterocycles. The van der Waals surface area contributed by atoms with Gasteiger partial charge < -0.3 is 5.32 Å². The van der Waals surface area contributed by atoms with Crippen molar-refractivity contribution in [2.75, 3.05) is 5.32 Å². The third-order valence-electron chi connectivity index (χ3n) is 3.25. The van der Waals surface area contributed by atoms with Crippen LogP contribution in [0.1, 0.15) is 29.8 Å². The Morgan fingerprint density at radius 2 is 1.71 bits per heavy atom. The van der Waals surface area contributed by atoms with Crippen LogP contribution in [0.3, 0.4) is 0 Å². The first-order valence-corrected chi connectivity index (χ1v) is 9.66. The quantitative estimate of drug-likeness (QED) is 0.788. The summed E-state index contributed by atoms with van der Waals surface area (Å²) in [6.07, 6.45) is 0. The summed E-state index contributed by atoms with van der Waals surface area (Å²) in [6, 6.07) is 11.2. The van der Waals surface area contributed by atoms with Crippen molar-refractivity contribution < 1.29 is 13.2 Å². The topological polar surface area (TPSA) is 75.3 Å². The SMILES string of the molecule is Cc1ccc(NC(=O)c2ccc(S(=O)(=O)NC(C)C)cc2)cc1Br. The first-order chi connectivity index (χ1) is 11.2. The average Bonchev–Trinajstić information content (AvgIpc) is 2.50. The molecule has 128 valence electrons. The number of carbonyl (C=O) groups is 1. The molecule has 2 N–H and O–H groups in total. The van der Waals surface area contributed by atoms with E-state index in [9.17, 15) is 13.2 Å². The molecule has 0 aliphatic carbocycles. The van der Waals surface area contributed by atoms with Crippen LogP contribution in [0, 0.1) is 6.92 Å². The van der Waals surface area contributed by atoms with E-state index in [1.165, 1.54) is 24.3 Å². The Kier molecular flexibility index (Phi) is 5.79. The molecule has 0 unspecified atom stereocenters. The van der Waals surface area contributed by atoms with Gasteiger partial charge in [-0.1, -0.05) is 22.0 Å². The molecule has 1 amide bonds. The fourth-order valence-electron chi connectivity index (χ4n) is 2.04. The van der Waals surface area contributed by atoms with E-state index in [0.717, 1.165) is 10.0 Å². The average molecular weight is 411 g/mol. The smallest absolute Gasteiger partial charge is 0.255 e. The summed E-state index contributed by atoms with van der Waals surface area (Å²) in [6.45, 7) is 5.46. The molecule has 2 aromatic carbocycles. The lowest BCUT2D eigenvalue weighted by atomic mass is 10.2. The number of rotatable bonds is 5. The molecule has 2 rings (SSSR count).